The predicted molar refractivity (Wildman–Crippen MR) is 101 cm³/mol. The largest absolute Gasteiger partial charge is 0.380 e. The molecule has 4 N–H and O–H groups in total. The van der Waals surface area contributed by atoms with Crippen molar-refractivity contribution < 1.29 is 12.6 Å². The lowest BCUT2D eigenvalue weighted by Crippen LogP contribution is -2.28. The monoisotopic (exact) mass is 364 g/mol. The van der Waals surface area contributed by atoms with Gasteiger partial charge in [-0.15, -0.1) is 0 Å². The Morgan fingerprint density at radius 2 is 1.52 bits per heavy atom. The Labute approximate surface area is 149 Å². The van der Waals surface area contributed by atoms with E-state index in [0.717, 1.165) is 16.7 Å². The molecule has 0 bridgehead atoms. The van der Waals surface area contributed by atoms with Gasteiger partial charge in [0.25, 0.3) is 0 Å². The average Bonchev–Trinajstić information content (AvgIpc) is 2.57. The van der Waals surface area contributed by atoms with Crippen LogP contribution in [0.5, 0.6) is 5.75 Å². The van der Waals surface area contributed by atoms with Crippen molar-refractivity contribution in [2.45, 2.75) is 20.4 Å². The third-order valence-corrected chi connectivity index (χ3v) is 3.41. The standard InChI is InChI=1S/C15H18N4O3S.C2H6/c1-18-11-19(16)10-12-2-4-13(5-3-12)14-6-8-15(9-7-14)22-23(17,20)21;1-2/h2-9,11H,10,16H2,1H3,(H2,17,20,21);1-2H3. The highest BCUT2D eigenvalue weighted by Gasteiger charge is 2.05. The first-order valence-electron chi connectivity index (χ1n) is 7.72. The Kier molecular flexibility index (Phi) is 8.06. The van der Waals surface area contributed by atoms with E-state index < -0.39 is 10.3 Å². The quantitative estimate of drug-likeness (QED) is 0.354. The SMILES string of the molecule is CC.CN=CN(N)Cc1ccc(-c2ccc(OS(N)(=O)=O)cc2)cc1. The fourth-order valence-corrected chi connectivity index (χ4v) is 2.42. The lowest BCUT2D eigenvalue weighted by Gasteiger charge is -2.12. The number of hydrogen-bond acceptors (Lipinski definition) is 5. The summed E-state index contributed by atoms with van der Waals surface area (Å²) < 4.78 is 26.3. The Hall–Kier alpha value is -2.42. The molecule has 2 rings (SSSR count). The number of nitrogens with two attached hydrogens (primary N) is 2. The van der Waals surface area contributed by atoms with E-state index in [2.05, 4.69) is 9.18 Å². The van der Waals surface area contributed by atoms with Gasteiger partial charge in [0, 0.05) is 7.05 Å². The smallest absolute Gasteiger partial charge is 0.371 e. The Bertz CT molecular complexity index is 773. The van der Waals surface area contributed by atoms with E-state index in [0.29, 0.717) is 6.54 Å². The summed E-state index contributed by atoms with van der Waals surface area (Å²) >= 11 is 0. The van der Waals surface area contributed by atoms with Gasteiger partial charge in [-0.3, -0.25) is 10.0 Å². The van der Waals surface area contributed by atoms with Gasteiger partial charge in [-0.25, -0.2) is 5.84 Å². The maximum Gasteiger partial charge on any atom is 0.380 e. The first-order valence-corrected chi connectivity index (χ1v) is 9.20. The van der Waals surface area contributed by atoms with E-state index in [1.807, 2.05) is 38.1 Å². The Morgan fingerprint density at radius 1 is 1.04 bits per heavy atom. The van der Waals surface area contributed by atoms with Crippen molar-refractivity contribution in [2.24, 2.45) is 16.0 Å². The first kappa shape index (κ1) is 20.6. The molecule has 25 heavy (non-hydrogen) atoms. The summed E-state index contributed by atoms with van der Waals surface area (Å²) in [5.41, 5.74) is 2.96. The second-order valence-corrected chi connectivity index (χ2v) is 6.00. The van der Waals surface area contributed by atoms with Gasteiger partial charge in [-0.2, -0.15) is 13.6 Å². The van der Waals surface area contributed by atoms with Gasteiger partial charge in [0.05, 0.1) is 12.9 Å². The van der Waals surface area contributed by atoms with Crippen LogP contribution in [-0.4, -0.2) is 26.8 Å². The van der Waals surface area contributed by atoms with Crippen molar-refractivity contribution in [3.63, 3.8) is 0 Å². The molecule has 0 aliphatic carbocycles. The van der Waals surface area contributed by atoms with Gasteiger partial charge in [-0.05, 0) is 28.8 Å². The summed E-state index contributed by atoms with van der Waals surface area (Å²) in [5, 5.41) is 6.32. The third-order valence-electron chi connectivity index (χ3n) is 2.98. The lowest BCUT2D eigenvalue weighted by atomic mass is 10.0. The highest BCUT2D eigenvalue weighted by molar-refractivity contribution is 7.84. The zero-order valence-corrected chi connectivity index (χ0v) is 15.4. The molecule has 0 saturated carbocycles. The van der Waals surface area contributed by atoms with E-state index in [1.165, 1.54) is 5.01 Å². The van der Waals surface area contributed by atoms with Crippen LogP contribution in [0, 0.1) is 0 Å². The number of hydrazine groups is 1. The first-order chi connectivity index (χ1) is 11.9. The van der Waals surface area contributed by atoms with E-state index in [-0.39, 0.29) is 5.75 Å². The maximum atomic E-state index is 10.9. The van der Waals surface area contributed by atoms with Crippen molar-refractivity contribution in [1.29, 1.82) is 0 Å². The number of rotatable bonds is 6. The van der Waals surface area contributed by atoms with Gasteiger partial charge >= 0.3 is 10.3 Å². The van der Waals surface area contributed by atoms with Gasteiger partial charge in [-0.1, -0.05) is 50.2 Å². The molecule has 136 valence electrons. The molecule has 0 unspecified atom stereocenters. The fraction of sp³-hybridized carbons (Fsp3) is 0.235. The molecule has 0 aliphatic heterocycles. The lowest BCUT2D eigenvalue weighted by molar-refractivity contribution is 0.447. The zero-order valence-electron chi connectivity index (χ0n) is 14.6. The molecular formula is C17H24N4O3S. The van der Waals surface area contributed by atoms with Crippen LogP contribution in [0.25, 0.3) is 11.1 Å². The molecule has 7 nitrogen and oxygen atoms in total. The van der Waals surface area contributed by atoms with Crippen LogP contribution >= 0.6 is 0 Å². The van der Waals surface area contributed by atoms with Crippen molar-refractivity contribution in [2.75, 3.05) is 7.05 Å². The topological polar surface area (TPSA) is 111 Å². The highest BCUT2D eigenvalue weighted by atomic mass is 32.2. The third kappa shape index (κ3) is 7.34. The molecule has 8 heteroatoms. The zero-order chi connectivity index (χ0) is 18.9. The van der Waals surface area contributed by atoms with Crippen molar-refractivity contribution in [3.05, 3.63) is 54.1 Å². The second kappa shape index (κ2) is 9.77. The summed E-state index contributed by atoms with van der Waals surface area (Å²) in [6, 6.07) is 14.5. The van der Waals surface area contributed by atoms with Crippen LogP contribution in [0.1, 0.15) is 19.4 Å². The molecule has 2 aromatic rings. The minimum Gasteiger partial charge on any atom is -0.371 e. The number of hydrogen-bond donors (Lipinski definition) is 2. The van der Waals surface area contributed by atoms with Gasteiger partial charge in [0.15, 0.2) is 0 Å². The molecule has 0 spiro atoms. The van der Waals surface area contributed by atoms with Crippen LogP contribution in [0.3, 0.4) is 0 Å². The van der Waals surface area contributed by atoms with Gasteiger partial charge in [0.2, 0.25) is 0 Å². The van der Waals surface area contributed by atoms with Crippen LogP contribution in [-0.2, 0) is 16.8 Å². The molecular weight excluding hydrogens is 340 g/mol. The average molecular weight is 364 g/mol. The fourth-order valence-electron chi connectivity index (χ4n) is 2.04. The summed E-state index contributed by atoms with van der Waals surface area (Å²) in [5.74, 6) is 5.92. The Morgan fingerprint density at radius 3 is 1.96 bits per heavy atom. The molecule has 0 aromatic heterocycles. The van der Waals surface area contributed by atoms with Crippen molar-refractivity contribution >= 4 is 16.6 Å². The predicted octanol–water partition coefficient (Wildman–Crippen LogP) is 2.30. The van der Waals surface area contributed by atoms with Gasteiger partial charge < -0.3 is 4.18 Å². The molecule has 0 radical (unpaired) electrons. The van der Waals surface area contributed by atoms with Crippen molar-refractivity contribution in [1.82, 2.24) is 5.01 Å². The van der Waals surface area contributed by atoms with Crippen LogP contribution < -0.4 is 15.2 Å². The summed E-state index contributed by atoms with van der Waals surface area (Å²) in [4.78, 5) is 3.84. The minimum atomic E-state index is -4.00. The number of nitrogens with zero attached hydrogens (tertiary/aromatic N) is 2. The molecule has 2 aromatic carbocycles. The molecule has 0 fully saturated rings. The highest BCUT2D eigenvalue weighted by Crippen LogP contribution is 2.23. The molecule has 0 heterocycles. The van der Waals surface area contributed by atoms with Crippen LogP contribution in [0.15, 0.2) is 53.5 Å². The van der Waals surface area contributed by atoms with E-state index in [1.54, 1.807) is 37.7 Å². The van der Waals surface area contributed by atoms with E-state index in [4.69, 9.17) is 11.0 Å². The molecule has 0 saturated heterocycles. The molecule has 0 aliphatic rings. The summed E-state index contributed by atoms with van der Waals surface area (Å²) in [6.45, 7) is 4.55. The molecule has 0 atom stereocenters. The minimum absolute atomic E-state index is 0.172. The van der Waals surface area contributed by atoms with Crippen LogP contribution in [0.2, 0.25) is 0 Å². The Balaban J connectivity index is 0.00000151. The number of aliphatic imine (C=N–C) groups is 1. The van der Waals surface area contributed by atoms with Gasteiger partial charge in [0.1, 0.15) is 5.75 Å². The number of benzene rings is 2. The van der Waals surface area contributed by atoms with Crippen molar-refractivity contribution in [3.8, 4) is 16.9 Å². The second-order valence-electron chi connectivity index (χ2n) is 4.84. The summed E-state index contributed by atoms with van der Waals surface area (Å²) in [7, 11) is -2.34. The van der Waals surface area contributed by atoms with E-state index in [9.17, 15) is 8.42 Å². The van der Waals surface area contributed by atoms with E-state index >= 15 is 0 Å². The summed E-state index contributed by atoms with van der Waals surface area (Å²) in [6.07, 6.45) is 1.55. The maximum absolute atomic E-state index is 10.9. The normalized spacial score (nSPS) is 10.9. The van der Waals surface area contributed by atoms with Crippen LogP contribution in [0.4, 0.5) is 0 Å². The molecule has 0 amide bonds.